The summed E-state index contributed by atoms with van der Waals surface area (Å²) >= 11 is 1.87. The van der Waals surface area contributed by atoms with E-state index in [0.29, 0.717) is 0 Å². The van der Waals surface area contributed by atoms with Crippen molar-refractivity contribution >= 4 is 16.9 Å². The van der Waals surface area contributed by atoms with E-state index >= 15 is 0 Å². The highest BCUT2D eigenvalue weighted by Crippen LogP contribution is 2.53. The third kappa shape index (κ3) is 0.875. The molecule has 2 aliphatic carbocycles. The fraction of sp³-hybridized carbons (Fsp3) is 0.400. The number of allylic oxidation sites excluding steroid dienone is 2. The van der Waals surface area contributed by atoms with Gasteiger partial charge in [-0.15, -0.1) is 11.3 Å². The van der Waals surface area contributed by atoms with Gasteiger partial charge in [-0.1, -0.05) is 12.1 Å². The summed E-state index contributed by atoms with van der Waals surface area (Å²) < 4.78 is 0. The summed E-state index contributed by atoms with van der Waals surface area (Å²) in [5.74, 6) is 2.00. The zero-order valence-corrected chi connectivity index (χ0v) is 7.10. The molecule has 0 nitrogen and oxygen atoms in total. The minimum absolute atomic E-state index is 0.965. The first kappa shape index (κ1) is 6.01. The lowest BCUT2D eigenvalue weighted by Crippen LogP contribution is -1.76. The molecule has 0 spiro atoms. The van der Waals surface area contributed by atoms with Crippen LogP contribution >= 0.6 is 11.3 Å². The van der Waals surface area contributed by atoms with Crippen LogP contribution in [0, 0.1) is 11.8 Å². The molecule has 1 aromatic heterocycles. The van der Waals surface area contributed by atoms with Gasteiger partial charge in [0, 0.05) is 4.88 Å². The normalized spacial score (nSPS) is 33.3. The minimum atomic E-state index is 0.965. The van der Waals surface area contributed by atoms with Crippen molar-refractivity contribution in [1.82, 2.24) is 0 Å². The molecule has 0 N–H and O–H groups in total. The van der Waals surface area contributed by atoms with Gasteiger partial charge in [-0.05, 0) is 41.7 Å². The fourth-order valence-electron chi connectivity index (χ4n) is 1.96. The number of thiophene rings is 1. The van der Waals surface area contributed by atoms with E-state index in [9.17, 15) is 0 Å². The van der Waals surface area contributed by atoms with E-state index in [4.69, 9.17) is 0 Å². The van der Waals surface area contributed by atoms with Gasteiger partial charge >= 0.3 is 0 Å². The molecule has 0 bridgehead atoms. The molecule has 0 aromatic carbocycles. The van der Waals surface area contributed by atoms with Crippen molar-refractivity contribution in [2.75, 3.05) is 0 Å². The second-order valence-electron chi connectivity index (χ2n) is 3.53. The molecule has 3 rings (SSSR count). The number of fused-ring (bicyclic) bond motifs is 1. The van der Waals surface area contributed by atoms with E-state index in [2.05, 4.69) is 23.6 Å². The van der Waals surface area contributed by atoms with Gasteiger partial charge in [0.05, 0.1) is 0 Å². The molecule has 1 aromatic rings. The zero-order chi connectivity index (χ0) is 7.26. The number of hydrogen-bond donors (Lipinski definition) is 0. The maximum absolute atomic E-state index is 2.48. The molecule has 0 saturated heterocycles. The molecule has 0 aliphatic heterocycles. The van der Waals surface area contributed by atoms with Crippen LogP contribution in [0.25, 0.3) is 5.57 Å². The van der Waals surface area contributed by atoms with Crippen LogP contribution in [-0.2, 0) is 0 Å². The van der Waals surface area contributed by atoms with Crippen molar-refractivity contribution in [3.05, 3.63) is 28.5 Å². The molecule has 1 heteroatoms. The van der Waals surface area contributed by atoms with Gasteiger partial charge in [-0.2, -0.15) is 0 Å². The van der Waals surface area contributed by atoms with Gasteiger partial charge in [0.1, 0.15) is 0 Å². The maximum atomic E-state index is 2.48. The second-order valence-corrected chi connectivity index (χ2v) is 4.48. The first-order valence-corrected chi connectivity index (χ1v) is 5.06. The van der Waals surface area contributed by atoms with Crippen LogP contribution in [0.5, 0.6) is 0 Å². The highest BCUT2D eigenvalue weighted by molar-refractivity contribution is 7.11. The Kier molecular flexibility index (Phi) is 1.08. The molecular weight excluding hydrogens is 152 g/mol. The average molecular weight is 162 g/mol. The standard InChI is InChI=1S/C10H10S/c1-2-10(11-3-1)9-5-7-4-8(7)6-9/h1-3,5,7-8H,4,6H2. The van der Waals surface area contributed by atoms with Gasteiger partial charge < -0.3 is 0 Å². The molecule has 0 radical (unpaired) electrons. The lowest BCUT2D eigenvalue weighted by atomic mass is 10.1. The monoisotopic (exact) mass is 162 g/mol. The Hall–Kier alpha value is -0.560. The van der Waals surface area contributed by atoms with E-state index in [1.54, 1.807) is 5.57 Å². The van der Waals surface area contributed by atoms with Crippen molar-refractivity contribution in [3.63, 3.8) is 0 Å². The third-order valence-electron chi connectivity index (χ3n) is 2.71. The van der Waals surface area contributed by atoms with Gasteiger partial charge in [0.15, 0.2) is 0 Å². The Bertz CT molecular complexity index is 295. The van der Waals surface area contributed by atoms with Crippen LogP contribution in [0.1, 0.15) is 17.7 Å². The van der Waals surface area contributed by atoms with Crippen molar-refractivity contribution in [3.8, 4) is 0 Å². The quantitative estimate of drug-likeness (QED) is 0.595. The predicted octanol–water partition coefficient (Wildman–Crippen LogP) is 3.17. The van der Waals surface area contributed by atoms with Gasteiger partial charge in [-0.3, -0.25) is 0 Å². The van der Waals surface area contributed by atoms with Crippen LogP contribution in [0.15, 0.2) is 23.6 Å². The Balaban J connectivity index is 1.96. The number of rotatable bonds is 1. The highest BCUT2D eigenvalue weighted by atomic mass is 32.1. The third-order valence-corrected chi connectivity index (χ3v) is 3.66. The Morgan fingerprint density at radius 3 is 3.09 bits per heavy atom. The fourth-order valence-corrected chi connectivity index (χ4v) is 2.73. The SMILES string of the molecule is C1=C(c2cccs2)CC2CC12. The summed E-state index contributed by atoms with van der Waals surface area (Å²) in [5.41, 5.74) is 1.61. The second kappa shape index (κ2) is 1.98. The van der Waals surface area contributed by atoms with Gasteiger partial charge in [0.2, 0.25) is 0 Å². The van der Waals surface area contributed by atoms with Crippen molar-refractivity contribution in [2.24, 2.45) is 11.8 Å². The molecule has 2 aliphatic rings. The molecule has 11 heavy (non-hydrogen) atoms. The van der Waals surface area contributed by atoms with E-state index in [1.165, 1.54) is 17.7 Å². The summed E-state index contributed by atoms with van der Waals surface area (Å²) in [6.45, 7) is 0. The topological polar surface area (TPSA) is 0 Å². The van der Waals surface area contributed by atoms with Crippen LogP contribution in [-0.4, -0.2) is 0 Å². The first-order valence-electron chi connectivity index (χ1n) is 4.18. The molecular formula is C10H10S. The van der Waals surface area contributed by atoms with Crippen LogP contribution in [0.2, 0.25) is 0 Å². The summed E-state index contributed by atoms with van der Waals surface area (Å²) in [6, 6.07) is 4.38. The van der Waals surface area contributed by atoms with Crippen LogP contribution in [0.3, 0.4) is 0 Å². The summed E-state index contributed by atoms with van der Waals surface area (Å²) in [7, 11) is 0. The molecule has 1 heterocycles. The molecule has 0 amide bonds. The smallest absolute Gasteiger partial charge is 0.0299 e. The molecule has 2 unspecified atom stereocenters. The average Bonchev–Trinajstić information content (AvgIpc) is 2.60. The maximum Gasteiger partial charge on any atom is 0.0299 e. The van der Waals surface area contributed by atoms with Crippen LogP contribution in [0.4, 0.5) is 0 Å². The largest absolute Gasteiger partial charge is 0.144 e. The van der Waals surface area contributed by atoms with E-state index < -0.39 is 0 Å². The van der Waals surface area contributed by atoms with E-state index in [-0.39, 0.29) is 0 Å². The van der Waals surface area contributed by atoms with E-state index in [1.807, 2.05) is 11.3 Å². The molecule has 2 atom stereocenters. The van der Waals surface area contributed by atoms with Gasteiger partial charge in [-0.25, -0.2) is 0 Å². The van der Waals surface area contributed by atoms with Crippen molar-refractivity contribution in [1.29, 1.82) is 0 Å². The Morgan fingerprint density at radius 1 is 1.45 bits per heavy atom. The minimum Gasteiger partial charge on any atom is -0.144 e. The predicted molar refractivity (Wildman–Crippen MR) is 48.5 cm³/mol. The summed E-state index contributed by atoms with van der Waals surface area (Å²) in [6.07, 6.45) is 5.30. The summed E-state index contributed by atoms with van der Waals surface area (Å²) in [4.78, 5) is 1.50. The van der Waals surface area contributed by atoms with Crippen molar-refractivity contribution < 1.29 is 0 Å². The Labute approximate surface area is 70.6 Å². The van der Waals surface area contributed by atoms with Gasteiger partial charge in [0.25, 0.3) is 0 Å². The highest BCUT2D eigenvalue weighted by Gasteiger charge is 2.40. The molecule has 56 valence electrons. The molecule has 1 saturated carbocycles. The zero-order valence-electron chi connectivity index (χ0n) is 6.29. The van der Waals surface area contributed by atoms with Crippen molar-refractivity contribution in [2.45, 2.75) is 12.8 Å². The van der Waals surface area contributed by atoms with Crippen LogP contribution < -0.4 is 0 Å². The number of hydrogen-bond acceptors (Lipinski definition) is 1. The summed E-state index contributed by atoms with van der Waals surface area (Å²) in [5, 5.41) is 2.17. The molecule has 1 fully saturated rings. The Morgan fingerprint density at radius 2 is 2.45 bits per heavy atom. The first-order chi connectivity index (χ1) is 5.43. The lowest BCUT2D eigenvalue weighted by molar-refractivity contribution is 0.863. The lowest BCUT2D eigenvalue weighted by Gasteiger charge is -1.97. The van der Waals surface area contributed by atoms with E-state index in [0.717, 1.165) is 11.8 Å².